The fourth-order valence-corrected chi connectivity index (χ4v) is 2.23. The number of halogens is 2. The van der Waals surface area contributed by atoms with Gasteiger partial charge in [-0.3, -0.25) is 9.59 Å². The molecule has 1 unspecified atom stereocenters. The van der Waals surface area contributed by atoms with Crippen LogP contribution in [0.1, 0.15) is 32.3 Å². The third-order valence-corrected chi connectivity index (χ3v) is 3.24. The van der Waals surface area contributed by atoms with Crippen molar-refractivity contribution in [1.82, 2.24) is 0 Å². The average molecular weight is 300 g/mol. The van der Waals surface area contributed by atoms with Crippen molar-refractivity contribution in [3.8, 4) is 0 Å². The van der Waals surface area contributed by atoms with Crippen LogP contribution in [-0.2, 0) is 20.7 Å². The number of esters is 1. The number of benzene rings is 1. The van der Waals surface area contributed by atoms with Gasteiger partial charge in [0.05, 0.1) is 6.61 Å². The Morgan fingerprint density at radius 3 is 2.38 bits per heavy atom. The summed E-state index contributed by atoms with van der Waals surface area (Å²) in [5.74, 6) is -4.28. The molecule has 0 fully saturated rings. The highest BCUT2D eigenvalue weighted by Crippen LogP contribution is 2.31. The normalized spacial score (nSPS) is 13.5. The van der Waals surface area contributed by atoms with Crippen LogP contribution in [0.25, 0.3) is 0 Å². The maximum Gasteiger partial charge on any atom is 0.323 e. The SMILES string of the molecule is CCCC(Cc1ccc(F)c(F)c1)(C(=O)O)C(=O)OCC. The number of hydrogen-bond acceptors (Lipinski definition) is 3. The van der Waals surface area contributed by atoms with Crippen LogP contribution in [0.5, 0.6) is 0 Å². The van der Waals surface area contributed by atoms with E-state index in [2.05, 4.69) is 0 Å². The third kappa shape index (κ3) is 3.77. The molecule has 0 saturated carbocycles. The number of carbonyl (C=O) groups excluding carboxylic acids is 1. The lowest BCUT2D eigenvalue weighted by Crippen LogP contribution is -2.42. The van der Waals surface area contributed by atoms with Crippen LogP contribution < -0.4 is 0 Å². The molecule has 0 heterocycles. The van der Waals surface area contributed by atoms with Gasteiger partial charge in [-0.1, -0.05) is 19.4 Å². The molecule has 1 rings (SSSR count). The Balaban J connectivity index is 3.19. The fourth-order valence-electron chi connectivity index (χ4n) is 2.23. The Morgan fingerprint density at radius 1 is 1.24 bits per heavy atom. The first-order valence-electron chi connectivity index (χ1n) is 6.72. The number of carbonyl (C=O) groups is 2. The van der Waals surface area contributed by atoms with E-state index in [-0.39, 0.29) is 25.0 Å². The zero-order chi connectivity index (χ0) is 16.0. The summed E-state index contributed by atoms with van der Waals surface area (Å²) in [5, 5.41) is 9.47. The predicted octanol–water partition coefficient (Wildman–Crippen LogP) is 2.94. The first kappa shape index (κ1) is 17.1. The molecule has 0 aliphatic heterocycles. The third-order valence-electron chi connectivity index (χ3n) is 3.24. The van der Waals surface area contributed by atoms with Gasteiger partial charge in [0.2, 0.25) is 0 Å². The Labute approximate surface area is 121 Å². The highest BCUT2D eigenvalue weighted by Gasteiger charge is 2.47. The molecule has 0 spiro atoms. The monoisotopic (exact) mass is 300 g/mol. The number of hydrogen-bond donors (Lipinski definition) is 1. The van der Waals surface area contributed by atoms with Gasteiger partial charge in [0.15, 0.2) is 17.0 Å². The van der Waals surface area contributed by atoms with Gasteiger partial charge in [-0.15, -0.1) is 0 Å². The topological polar surface area (TPSA) is 63.6 Å². The molecule has 0 aromatic heterocycles. The van der Waals surface area contributed by atoms with E-state index in [1.54, 1.807) is 13.8 Å². The lowest BCUT2D eigenvalue weighted by atomic mass is 9.77. The molecular weight excluding hydrogens is 282 g/mol. The maximum absolute atomic E-state index is 13.3. The molecule has 0 saturated heterocycles. The van der Waals surface area contributed by atoms with E-state index in [0.29, 0.717) is 6.42 Å². The summed E-state index contributed by atoms with van der Waals surface area (Å²) in [7, 11) is 0. The lowest BCUT2D eigenvalue weighted by Gasteiger charge is -2.26. The molecule has 0 aliphatic rings. The molecule has 116 valence electrons. The first-order chi connectivity index (χ1) is 9.87. The molecule has 6 heteroatoms. The van der Waals surface area contributed by atoms with Crippen LogP contribution in [-0.4, -0.2) is 23.7 Å². The number of carboxylic acid groups (broad SMARTS) is 1. The van der Waals surface area contributed by atoms with Gasteiger partial charge < -0.3 is 9.84 Å². The minimum atomic E-state index is -1.78. The summed E-state index contributed by atoms with van der Waals surface area (Å²) in [6.07, 6.45) is 0.251. The average Bonchev–Trinajstić information content (AvgIpc) is 2.42. The standard InChI is InChI=1S/C15H18F2O4/c1-3-7-15(13(18)19,14(20)21-4-2)9-10-5-6-11(16)12(17)8-10/h5-6,8H,3-4,7,9H2,1-2H3,(H,18,19). The lowest BCUT2D eigenvalue weighted by molar-refractivity contribution is -0.169. The number of carboxylic acids is 1. The van der Waals surface area contributed by atoms with E-state index in [1.807, 2.05) is 0 Å². The van der Waals surface area contributed by atoms with Gasteiger partial charge in [0.1, 0.15) is 0 Å². The van der Waals surface area contributed by atoms with Crippen LogP contribution in [0.15, 0.2) is 18.2 Å². The Kier molecular flexibility index (Phi) is 5.81. The van der Waals surface area contributed by atoms with Gasteiger partial charge in [-0.2, -0.15) is 0 Å². The van der Waals surface area contributed by atoms with Crippen molar-refractivity contribution >= 4 is 11.9 Å². The zero-order valence-corrected chi connectivity index (χ0v) is 12.0. The van der Waals surface area contributed by atoms with Crippen molar-refractivity contribution in [2.75, 3.05) is 6.61 Å². The highest BCUT2D eigenvalue weighted by atomic mass is 19.2. The maximum atomic E-state index is 13.3. The Morgan fingerprint density at radius 2 is 1.90 bits per heavy atom. The van der Waals surface area contributed by atoms with Crippen molar-refractivity contribution in [3.63, 3.8) is 0 Å². The molecular formula is C15H18F2O4. The molecule has 0 amide bonds. The quantitative estimate of drug-likeness (QED) is 0.621. The smallest absolute Gasteiger partial charge is 0.323 e. The molecule has 1 N–H and O–H groups in total. The van der Waals surface area contributed by atoms with E-state index >= 15 is 0 Å². The molecule has 1 aromatic carbocycles. The van der Waals surface area contributed by atoms with Gasteiger partial charge >= 0.3 is 11.9 Å². The van der Waals surface area contributed by atoms with Crippen LogP contribution in [0.2, 0.25) is 0 Å². The summed E-state index contributed by atoms with van der Waals surface area (Å²) in [6, 6.07) is 3.08. The van der Waals surface area contributed by atoms with Crippen molar-refractivity contribution in [3.05, 3.63) is 35.4 Å². The van der Waals surface area contributed by atoms with E-state index in [0.717, 1.165) is 12.1 Å². The number of ether oxygens (including phenoxy) is 1. The van der Waals surface area contributed by atoms with Crippen LogP contribution in [0.3, 0.4) is 0 Å². The molecule has 0 bridgehead atoms. The Bertz CT molecular complexity index is 530. The van der Waals surface area contributed by atoms with E-state index in [9.17, 15) is 23.5 Å². The van der Waals surface area contributed by atoms with Crippen molar-refractivity contribution in [2.45, 2.75) is 33.1 Å². The molecule has 4 nitrogen and oxygen atoms in total. The fraction of sp³-hybridized carbons (Fsp3) is 0.467. The van der Waals surface area contributed by atoms with Crippen molar-refractivity contribution < 1.29 is 28.2 Å². The summed E-state index contributed by atoms with van der Waals surface area (Å²) in [6.45, 7) is 3.37. The van der Waals surface area contributed by atoms with Crippen molar-refractivity contribution in [1.29, 1.82) is 0 Å². The number of aliphatic carboxylic acids is 1. The largest absolute Gasteiger partial charge is 0.480 e. The summed E-state index contributed by atoms with van der Waals surface area (Å²) < 4.78 is 31.0. The molecule has 21 heavy (non-hydrogen) atoms. The minimum Gasteiger partial charge on any atom is -0.480 e. The van der Waals surface area contributed by atoms with Crippen LogP contribution in [0.4, 0.5) is 8.78 Å². The predicted molar refractivity (Wildman–Crippen MR) is 71.7 cm³/mol. The van der Waals surface area contributed by atoms with Gasteiger partial charge in [-0.25, -0.2) is 8.78 Å². The summed E-state index contributed by atoms with van der Waals surface area (Å²) in [4.78, 5) is 23.7. The highest BCUT2D eigenvalue weighted by molar-refractivity contribution is 5.99. The van der Waals surface area contributed by atoms with E-state index < -0.39 is 29.0 Å². The second-order valence-electron chi connectivity index (χ2n) is 4.78. The number of rotatable bonds is 7. The van der Waals surface area contributed by atoms with Crippen LogP contribution >= 0.6 is 0 Å². The van der Waals surface area contributed by atoms with Gasteiger partial charge in [0.25, 0.3) is 0 Å². The van der Waals surface area contributed by atoms with E-state index in [4.69, 9.17) is 4.74 Å². The van der Waals surface area contributed by atoms with E-state index in [1.165, 1.54) is 6.07 Å². The minimum absolute atomic E-state index is 0.0509. The summed E-state index contributed by atoms with van der Waals surface area (Å²) in [5.41, 5.74) is -1.55. The van der Waals surface area contributed by atoms with Crippen molar-refractivity contribution in [2.24, 2.45) is 5.41 Å². The first-order valence-corrected chi connectivity index (χ1v) is 6.72. The molecule has 1 aromatic rings. The molecule has 1 atom stereocenters. The zero-order valence-electron chi connectivity index (χ0n) is 12.0. The molecule has 0 aliphatic carbocycles. The molecule has 0 radical (unpaired) electrons. The second kappa shape index (κ2) is 7.15. The van der Waals surface area contributed by atoms with Gasteiger partial charge in [-0.05, 0) is 37.5 Å². The van der Waals surface area contributed by atoms with Crippen LogP contribution in [0, 0.1) is 17.0 Å². The Hall–Kier alpha value is -1.98. The summed E-state index contributed by atoms with van der Waals surface area (Å²) >= 11 is 0. The van der Waals surface area contributed by atoms with Gasteiger partial charge in [0, 0.05) is 0 Å². The second-order valence-corrected chi connectivity index (χ2v) is 4.78.